The van der Waals surface area contributed by atoms with E-state index in [4.69, 9.17) is 14.8 Å². The van der Waals surface area contributed by atoms with Gasteiger partial charge in [0.25, 0.3) is 0 Å². The van der Waals surface area contributed by atoms with E-state index in [2.05, 4.69) is 11.2 Å². The summed E-state index contributed by atoms with van der Waals surface area (Å²) in [5.74, 6) is 0. The van der Waals surface area contributed by atoms with Crippen LogP contribution in [0.4, 0.5) is 0 Å². The predicted molar refractivity (Wildman–Crippen MR) is 53.4 cm³/mol. The van der Waals surface area contributed by atoms with E-state index >= 15 is 0 Å². The van der Waals surface area contributed by atoms with Crippen LogP contribution in [0.3, 0.4) is 0 Å². The highest BCUT2D eigenvalue weighted by molar-refractivity contribution is 7.57. The second-order valence-electron chi connectivity index (χ2n) is 2.61. The fourth-order valence-corrected chi connectivity index (χ4v) is 0.747. The van der Waals surface area contributed by atoms with Crippen LogP contribution in [-0.2, 0) is 4.57 Å². The van der Waals surface area contributed by atoms with E-state index in [1.165, 1.54) is 0 Å². The molecule has 0 bridgehead atoms. The SMILES string of the molecule is CCC(CC)(CO)CO.O=[PH2]Cl. The number of aliphatic hydroxyl groups excluding tert-OH is 2. The zero-order valence-electron chi connectivity index (χ0n) is 7.59. The van der Waals surface area contributed by atoms with Crippen molar-refractivity contribution in [1.29, 1.82) is 0 Å². The Hall–Kier alpha value is 0.440. The molecule has 0 aliphatic rings. The second-order valence-corrected chi connectivity index (χ2v) is 3.33. The summed E-state index contributed by atoms with van der Waals surface area (Å²) in [5, 5.41) is 17.6. The van der Waals surface area contributed by atoms with Crippen molar-refractivity contribution >= 4 is 19.1 Å². The van der Waals surface area contributed by atoms with Crippen LogP contribution in [0.5, 0.6) is 0 Å². The summed E-state index contributed by atoms with van der Waals surface area (Å²) in [6, 6.07) is 0. The maximum Gasteiger partial charge on any atom is 0.146 e. The molecule has 0 aromatic heterocycles. The van der Waals surface area contributed by atoms with Crippen molar-refractivity contribution in [3.63, 3.8) is 0 Å². The number of halogens is 1. The molecule has 2 N–H and O–H groups in total. The second kappa shape index (κ2) is 9.53. The fourth-order valence-electron chi connectivity index (χ4n) is 0.747. The monoisotopic (exact) mass is 216 g/mol. The van der Waals surface area contributed by atoms with Crippen molar-refractivity contribution in [1.82, 2.24) is 0 Å². The predicted octanol–water partition coefficient (Wildman–Crippen LogP) is 1.67. The molecular weight excluding hydrogens is 199 g/mol. The molecule has 0 heterocycles. The molecule has 5 heteroatoms. The standard InChI is InChI=1S/C7H16O2.ClH2OP/c1-3-7(4-2,5-8)6-9;1-3-2/h8-9H,3-6H2,1-2H3;3H2. The summed E-state index contributed by atoms with van der Waals surface area (Å²) >= 11 is 4.53. The van der Waals surface area contributed by atoms with Gasteiger partial charge in [0.2, 0.25) is 0 Å². The Morgan fingerprint density at radius 3 is 1.50 bits per heavy atom. The van der Waals surface area contributed by atoms with Gasteiger partial charge >= 0.3 is 0 Å². The molecule has 0 amide bonds. The van der Waals surface area contributed by atoms with E-state index in [1.54, 1.807) is 0 Å². The first-order chi connectivity index (χ1) is 5.66. The Bertz CT molecular complexity index is 89.3. The average molecular weight is 217 g/mol. The highest BCUT2D eigenvalue weighted by Crippen LogP contribution is 2.23. The smallest absolute Gasteiger partial charge is 0.146 e. The van der Waals surface area contributed by atoms with Crippen molar-refractivity contribution in [2.45, 2.75) is 26.7 Å². The van der Waals surface area contributed by atoms with Gasteiger partial charge in [0, 0.05) is 5.41 Å². The minimum Gasteiger partial charge on any atom is -0.396 e. The van der Waals surface area contributed by atoms with Crippen molar-refractivity contribution in [2.75, 3.05) is 13.2 Å². The van der Waals surface area contributed by atoms with Crippen LogP contribution >= 0.6 is 19.1 Å². The van der Waals surface area contributed by atoms with Gasteiger partial charge in [-0.05, 0) is 12.8 Å². The Morgan fingerprint density at radius 2 is 1.50 bits per heavy atom. The molecule has 3 nitrogen and oxygen atoms in total. The number of hydrogen-bond donors (Lipinski definition) is 2. The average Bonchev–Trinajstić information content (AvgIpc) is 2.11. The summed E-state index contributed by atoms with van der Waals surface area (Å²) < 4.78 is 8.78. The fraction of sp³-hybridized carbons (Fsp3) is 1.00. The molecule has 12 heavy (non-hydrogen) atoms. The van der Waals surface area contributed by atoms with Crippen LogP contribution in [0.25, 0.3) is 0 Å². The Balaban J connectivity index is 0. The summed E-state index contributed by atoms with van der Waals surface area (Å²) in [6.07, 6.45) is 1.69. The minimum atomic E-state index is -1.03. The van der Waals surface area contributed by atoms with Gasteiger partial charge in [-0.2, -0.15) is 0 Å². The molecule has 0 spiro atoms. The molecule has 0 aliphatic carbocycles. The molecule has 0 aliphatic heterocycles. The van der Waals surface area contributed by atoms with Crippen LogP contribution in [0.15, 0.2) is 0 Å². The molecule has 1 atom stereocenters. The Kier molecular flexibility index (Phi) is 11.9. The van der Waals surface area contributed by atoms with E-state index in [9.17, 15) is 0 Å². The maximum absolute atomic E-state index is 8.82. The van der Waals surface area contributed by atoms with Gasteiger partial charge in [-0.15, -0.1) is 0 Å². The van der Waals surface area contributed by atoms with E-state index in [1.807, 2.05) is 13.8 Å². The molecule has 0 saturated heterocycles. The molecular formula is C7H18ClO3P. The lowest BCUT2D eigenvalue weighted by Crippen LogP contribution is -2.27. The third kappa shape index (κ3) is 6.01. The van der Waals surface area contributed by atoms with Crippen LogP contribution < -0.4 is 0 Å². The van der Waals surface area contributed by atoms with Gasteiger partial charge in [-0.1, -0.05) is 25.1 Å². The van der Waals surface area contributed by atoms with Crippen LogP contribution in [0.2, 0.25) is 0 Å². The summed E-state index contributed by atoms with van der Waals surface area (Å²) in [5.41, 5.74) is -0.222. The Morgan fingerprint density at radius 1 is 1.25 bits per heavy atom. The zero-order chi connectivity index (χ0) is 10.0. The highest BCUT2D eigenvalue weighted by Gasteiger charge is 2.23. The van der Waals surface area contributed by atoms with Gasteiger partial charge in [-0.25, -0.2) is 0 Å². The molecule has 76 valence electrons. The topological polar surface area (TPSA) is 57.5 Å². The third-order valence-corrected chi connectivity index (χ3v) is 2.17. The van der Waals surface area contributed by atoms with Crippen LogP contribution in [-0.4, -0.2) is 23.4 Å². The third-order valence-electron chi connectivity index (χ3n) is 2.17. The van der Waals surface area contributed by atoms with Crippen LogP contribution in [0.1, 0.15) is 26.7 Å². The summed E-state index contributed by atoms with van der Waals surface area (Å²) in [7, 11) is -1.03. The minimum absolute atomic E-state index is 0.0938. The quantitative estimate of drug-likeness (QED) is 0.703. The summed E-state index contributed by atoms with van der Waals surface area (Å²) in [6.45, 7) is 4.15. The molecule has 1 unspecified atom stereocenters. The van der Waals surface area contributed by atoms with Crippen LogP contribution in [0, 0.1) is 5.41 Å². The van der Waals surface area contributed by atoms with Gasteiger partial charge in [0.15, 0.2) is 0 Å². The van der Waals surface area contributed by atoms with Gasteiger partial charge in [-0.3, -0.25) is 0 Å². The van der Waals surface area contributed by atoms with Gasteiger partial charge < -0.3 is 14.8 Å². The van der Waals surface area contributed by atoms with Crippen molar-refractivity contribution in [3.05, 3.63) is 0 Å². The number of rotatable bonds is 4. The van der Waals surface area contributed by atoms with Gasteiger partial charge in [0.1, 0.15) is 7.81 Å². The summed E-state index contributed by atoms with van der Waals surface area (Å²) in [4.78, 5) is 0. The van der Waals surface area contributed by atoms with Crippen molar-refractivity contribution in [2.24, 2.45) is 5.41 Å². The first-order valence-electron chi connectivity index (χ1n) is 3.91. The van der Waals surface area contributed by atoms with E-state index in [0.717, 1.165) is 12.8 Å². The lowest BCUT2D eigenvalue weighted by molar-refractivity contribution is 0.0480. The van der Waals surface area contributed by atoms with E-state index < -0.39 is 7.81 Å². The first-order valence-corrected chi connectivity index (χ1v) is 6.13. The van der Waals surface area contributed by atoms with E-state index in [-0.39, 0.29) is 18.6 Å². The number of aliphatic hydroxyl groups is 2. The van der Waals surface area contributed by atoms with E-state index in [0.29, 0.717) is 0 Å². The molecule has 0 aromatic rings. The normalized spacial score (nSPS) is 11.4. The number of hydrogen-bond acceptors (Lipinski definition) is 3. The van der Waals surface area contributed by atoms with Crippen molar-refractivity contribution < 1.29 is 14.8 Å². The molecule has 0 aromatic carbocycles. The molecule has 0 saturated carbocycles. The molecule has 0 radical (unpaired) electrons. The maximum atomic E-state index is 8.82. The first kappa shape index (κ1) is 14.9. The molecule has 0 rings (SSSR count). The largest absolute Gasteiger partial charge is 0.396 e. The van der Waals surface area contributed by atoms with Gasteiger partial charge in [0.05, 0.1) is 13.2 Å². The lowest BCUT2D eigenvalue weighted by atomic mass is 9.84. The van der Waals surface area contributed by atoms with Crippen molar-refractivity contribution in [3.8, 4) is 0 Å². The highest BCUT2D eigenvalue weighted by atomic mass is 35.7. The lowest BCUT2D eigenvalue weighted by Gasteiger charge is -2.25. The molecule has 0 fully saturated rings. The Labute approximate surface area is 79.7 Å². The zero-order valence-corrected chi connectivity index (χ0v) is 9.50.